The Balaban J connectivity index is 1.67. The monoisotopic (exact) mass is 342 g/mol. The van der Waals surface area contributed by atoms with E-state index in [0.29, 0.717) is 18.5 Å². The average molecular weight is 342 g/mol. The quantitative estimate of drug-likeness (QED) is 0.764. The molecule has 3 rings (SSSR count). The fraction of sp³-hybridized carbons (Fsp3) is 0.444. The zero-order valence-electron chi connectivity index (χ0n) is 14.5. The highest BCUT2D eigenvalue weighted by Crippen LogP contribution is 2.22. The lowest BCUT2D eigenvalue weighted by Crippen LogP contribution is -2.40. The lowest BCUT2D eigenvalue weighted by molar-refractivity contribution is -0.132. The topological polar surface area (TPSA) is 77.2 Å². The third-order valence-corrected chi connectivity index (χ3v) is 4.60. The number of amides is 1. The normalized spacial score (nSPS) is 17.0. The Morgan fingerprint density at radius 1 is 1.36 bits per heavy atom. The van der Waals surface area contributed by atoms with Crippen molar-refractivity contribution in [2.24, 2.45) is 7.05 Å². The van der Waals surface area contributed by atoms with E-state index in [1.54, 1.807) is 35.2 Å². The first kappa shape index (κ1) is 17.1. The van der Waals surface area contributed by atoms with Crippen LogP contribution in [-0.2, 0) is 18.4 Å². The first-order chi connectivity index (χ1) is 11.9. The molecule has 2 aromatic heterocycles. The third kappa shape index (κ3) is 3.87. The number of nitrogens with zero attached hydrogens (tertiary/aromatic N) is 4. The van der Waals surface area contributed by atoms with Gasteiger partial charge in [-0.25, -0.2) is 0 Å². The second-order valence-corrected chi connectivity index (χ2v) is 6.58. The second kappa shape index (κ2) is 7.04. The molecule has 1 amide bonds. The summed E-state index contributed by atoms with van der Waals surface area (Å²) < 4.78 is 3.00. The first-order valence-electron chi connectivity index (χ1n) is 8.42. The smallest absolute Gasteiger partial charge is 0.251 e. The van der Waals surface area contributed by atoms with Gasteiger partial charge in [0.1, 0.15) is 6.54 Å². The van der Waals surface area contributed by atoms with Crippen LogP contribution in [0.1, 0.15) is 35.2 Å². The molecule has 0 saturated carbocycles. The van der Waals surface area contributed by atoms with Gasteiger partial charge in [0.15, 0.2) is 5.78 Å². The molecule has 132 valence electrons. The summed E-state index contributed by atoms with van der Waals surface area (Å²) in [5, 5.41) is 4.02. The Kier molecular flexibility index (Phi) is 4.83. The van der Waals surface area contributed by atoms with Crippen molar-refractivity contribution in [3.05, 3.63) is 52.2 Å². The molecule has 1 aliphatic heterocycles. The summed E-state index contributed by atoms with van der Waals surface area (Å²) in [4.78, 5) is 38.7. The van der Waals surface area contributed by atoms with E-state index in [4.69, 9.17) is 0 Å². The van der Waals surface area contributed by atoms with E-state index in [1.165, 1.54) is 10.6 Å². The lowest BCUT2D eigenvalue weighted by Gasteiger charge is -2.24. The van der Waals surface area contributed by atoms with E-state index in [-0.39, 0.29) is 29.8 Å². The van der Waals surface area contributed by atoms with Crippen LogP contribution in [0.25, 0.3) is 0 Å². The van der Waals surface area contributed by atoms with Gasteiger partial charge in [-0.15, -0.1) is 0 Å². The van der Waals surface area contributed by atoms with Crippen LogP contribution < -0.4 is 5.56 Å². The number of hydrogen-bond acceptors (Lipinski definition) is 4. The maximum atomic E-state index is 12.6. The number of ketones is 1. The SMILES string of the molecule is Cc1ccn(CC(=O)N2CCCC2CC(=O)c2cnn(C)c2)c(=O)c1. The fourth-order valence-corrected chi connectivity index (χ4v) is 3.25. The number of aryl methyl sites for hydroxylation is 2. The van der Waals surface area contributed by atoms with Crippen LogP contribution in [0.5, 0.6) is 0 Å². The summed E-state index contributed by atoms with van der Waals surface area (Å²) in [7, 11) is 1.77. The number of rotatable bonds is 5. The summed E-state index contributed by atoms with van der Waals surface area (Å²) in [6.07, 6.45) is 6.85. The molecular formula is C18H22N4O3. The zero-order chi connectivity index (χ0) is 18.0. The maximum Gasteiger partial charge on any atom is 0.251 e. The molecule has 1 fully saturated rings. The van der Waals surface area contributed by atoms with Gasteiger partial charge in [-0.05, 0) is 31.4 Å². The number of carbonyl (C=O) groups excluding carboxylic acids is 2. The van der Waals surface area contributed by atoms with Gasteiger partial charge in [0.2, 0.25) is 5.91 Å². The van der Waals surface area contributed by atoms with Crippen LogP contribution in [0.15, 0.2) is 35.5 Å². The summed E-state index contributed by atoms with van der Waals surface area (Å²) in [5.41, 5.74) is 1.25. The highest BCUT2D eigenvalue weighted by atomic mass is 16.2. The minimum Gasteiger partial charge on any atom is -0.338 e. The second-order valence-electron chi connectivity index (χ2n) is 6.58. The van der Waals surface area contributed by atoms with Gasteiger partial charge in [-0.2, -0.15) is 5.10 Å². The van der Waals surface area contributed by atoms with Crippen LogP contribution in [0, 0.1) is 6.92 Å². The number of likely N-dealkylation sites (tertiary alicyclic amines) is 1. The Morgan fingerprint density at radius 3 is 2.84 bits per heavy atom. The highest BCUT2D eigenvalue weighted by Gasteiger charge is 2.30. The average Bonchev–Trinajstić information content (AvgIpc) is 3.19. The predicted molar refractivity (Wildman–Crippen MR) is 92.3 cm³/mol. The van der Waals surface area contributed by atoms with Crippen molar-refractivity contribution in [1.29, 1.82) is 0 Å². The maximum absolute atomic E-state index is 12.6. The van der Waals surface area contributed by atoms with Crippen LogP contribution in [0.3, 0.4) is 0 Å². The van der Waals surface area contributed by atoms with Crippen molar-refractivity contribution < 1.29 is 9.59 Å². The molecule has 25 heavy (non-hydrogen) atoms. The fourth-order valence-electron chi connectivity index (χ4n) is 3.25. The third-order valence-electron chi connectivity index (χ3n) is 4.60. The van der Waals surface area contributed by atoms with Crippen LogP contribution in [-0.4, -0.2) is 43.5 Å². The molecule has 0 bridgehead atoms. The molecule has 0 N–H and O–H groups in total. The van der Waals surface area contributed by atoms with Crippen LogP contribution in [0.4, 0.5) is 0 Å². The zero-order valence-corrected chi connectivity index (χ0v) is 14.5. The van der Waals surface area contributed by atoms with Crippen molar-refractivity contribution in [2.75, 3.05) is 6.54 Å². The van der Waals surface area contributed by atoms with E-state index < -0.39 is 0 Å². The number of hydrogen-bond donors (Lipinski definition) is 0. The van der Waals surface area contributed by atoms with Gasteiger partial charge in [0, 0.05) is 44.5 Å². The number of aromatic nitrogens is 3. The lowest BCUT2D eigenvalue weighted by atomic mass is 10.0. The standard InChI is InChI=1S/C18H22N4O3/c1-13-5-7-21(17(24)8-13)12-18(25)22-6-3-4-15(22)9-16(23)14-10-19-20(2)11-14/h5,7-8,10-11,15H,3-4,6,9,12H2,1-2H3. The van der Waals surface area contributed by atoms with Crippen LogP contribution in [0.2, 0.25) is 0 Å². The number of Topliss-reactive ketones (excluding diaryl/α,β-unsaturated/α-hetero) is 1. The Morgan fingerprint density at radius 2 is 2.16 bits per heavy atom. The molecule has 1 atom stereocenters. The molecule has 0 aliphatic carbocycles. The molecular weight excluding hydrogens is 320 g/mol. The van der Waals surface area contributed by atoms with Gasteiger partial charge < -0.3 is 9.47 Å². The molecule has 3 heterocycles. The van der Waals surface area contributed by atoms with E-state index >= 15 is 0 Å². The minimum atomic E-state index is -0.185. The minimum absolute atomic E-state index is 0.00898. The van der Waals surface area contributed by atoms with Crippen molar-refractivity contribution in [3.8, 4) is 0 Å². The van der Waals surface area contributed by atoms with Gasteiger partial charge in [0.25, 0.3) is 5.56 Å². The molecule has 0 radical (unpaired) electrons. The summed E-state index contributed by atoms with van der Waals surface area (Å²) in [6, 6.07) is 3.21. The van der Waals surface area contributed by atoms with Gasteiger partial charge in [0.05, 0.1) is 11.8 Å². The highest BCUT2D eigenvalue weighted by molar-refractivity contribution is 5.96. The molecule has 7 nitrogen and oxygen atoms in total. The molecule has 7 heteroatoms. The molecule has 1 aliphatic rings. The molecule has 0 spiro atoms. The number of pyridine rings is 1. The van der Waals surface area contributed by atoms with E-state index in [9.17, 15) is 14.4 Å². The molecule has 1 saturated heterocycles. The number of carbonyl (C=O) groups is 2. The van der Waals surface area contributed by atoms with Crippen molar-refractivity contribution in [2.45, 2.75) is 38.8 Å². The van der Waals surface area contributed by atoms with Gasteiger partial charge >= 0.3 is 0 Å². The Hall–Kier alpha value is -2.70. The molecule has 2 aromatic rings. The Bertz CT molecular complexity index is 852. The summed E-state index contributed by atoms with van der Waals surface area (Å²) in [6.45, 7) is 2.48. The largest absolute Gasteiger partial charge is 0.338 e. The van der Waals surface area contributed by atoms with Crippen molar-refractivity contribution in [3.63, 3.8) is 0 Å². The van der Waals surface area contributed by atoms with Crippen molar-refractivity contribution in [1.82, 2.24) is 19.2 Å². The Labute approximate surface area is 145 Å². The van der Waals surface area contributed by atoms with Gasteiger partial charge in [-0.1, -0.05) is 0 Å². The summed E-state index contributed by atoms with van der Waals surface area (Å²) in [5.74, 6) is -0.127. The first-order valence-corrected chi connectivity index (χ1v) is 8.42. The van der Waals surface area contributed by atoms with E-state index in [1.807, 2.05) is 13.0 Å². The van der Waals surface area contributed by atoms with Crippen LogP contribution >= 0.6 is 0 Å². The summed E-state index contributed by atoms with van der Waals surface area (Å²) >= 11 is 0. The van der Waals surface area contributed by atoms with Crippen molar-refractivity contribution >= 4 is 11.7 Å². The molecule has 0 aromatic carbocycles. The van der Waals surface area contributed by atoms with E-state index in [2.05, 4.69) is 5.10 Å². The van der Waals surface area contributed by atoms with Gasteiger partial charge in [-0.3, -0.25) is 19.1 Å². The molecule has 1 unspecified atom stereocenters. The predicted octanol–water partition coefficient (Wildman–Crippen LogP) is 1.15. The van der Waals surface area contributed by atoms with E-state index in [0.717, 1.165) is 18.4 Å².